The first-order valence-electron chi connectivity index (χ1n) is 4.04. The molecule has 1 saturated heterocycles. The van der Waals surface area contributed by atoms with Crippen molar-refractivity contribution < 1.29 is 9.59 Å². The largest absolute Gasteiger partial charge is 0.357 e. The molecular formula is C8H6Cl2N2O2S. The molecular weight excluding hydrogens is 259 g/mol. The highest BCUT2D eigenvalue weighted by molar-refractivity contribution is 7.10. The van der Waals surface area contributed by atoms with E-state index in [2.05, 4.69) is 0 Å². The first-order chi connectivity index (χ1) is 6.99. The molecule has 0 saturated carbocycles. The fourth-order valence-corrected chi connectivity index (χ4v) is 2.82. The minimum Gasteiger partial charge on any atom is -0.270 e. The molecule has 1 fully saturated rings. The molecule has 0 radical (unpaired) electrons. The molecule has 7 heteroatoms. The van der Waals surface area contributed by atoms with Gasteiger partial charge in [-0.05, 0) is 18.4 Å². The van der Waals surface area contributed by atoms with E-state index in [0.29, 0.717) is 9.30 Å². The van der Waals surface area contributed by atoms with E-state index in [1.165, 1.54) is 11.3 Å². The zero-order valence-corrected chi connectivity index (χ0v) is 9.94. The Hall–Kier alpha value is -0.780. The molecule has 0 unspecified atom stereocenters. The monoisotopic (exact) mass is 264 g/mol. The predicted molar refractivity (Wildman–Crippen MR) is 57.5 cm³/mol. The topological polar surface area (TPSA) is 40.6 Å². The minimum atomic E-state index is -1.20. The van der Waals surface area contributed by atoms with Gasteiger partial charge in [-0.3, -0.25) is 4.79 Å². The SMILES string of the molecule is C[C@]1(c2cccs2)C(=O)N(Cl)C(=O)N1Cl. The van der Waals surface area contributed by atoms with Crippen LogP contribution in [0.4, 0.5) is 4.79 Å². The lowest BCUT2D eigenvalue weighted by molar-refractivity contribution is -0.128. The van der Waals surface area contributed by atoms with Crippen molar-refractivity contribution in [1.29, 1.82) is 0 Å². The van der Waals surface area contributed by atoms with Gasteiger partial charge in [0.2, 0.25) is 0 Å². The second kappa shape index (κ2) is 3.37. The zero-order valence-electron chi connectivity index (χ0n) is 7.61. The van der Waals surface area contributed by atoms with Gasteiger partial charge in [0.1, 0.15) is 0 Å². The maximum atomic E-state index is 11.8. The summed E-state index contributed by atoms with van der Waals surface area (Å²) in [5.41, 5.74) is -1.20. The summed E-state index contributed by atoms with van der Waals surface area (Å²) in [7, 11) is 0. The first-order valence-corrected chi connectivity index (χ1v) is 5.59. The van der Waals surface area contributed by atoms with Crippen molar-refractivity contribution in [3.63, 3.8) is 0 Å². The van der Waals surface area contributed by atoms with Crippen LogP contribution in [0, 0.1) is 0 Å². The lowest BCUT2D eigenvalue weighted by Gasteiger charge is -2.23. The molecule has 2 rings (SSSR count). The Morgan fingerprint density at radius 1 is 1.40 bits per heavy atom. The summed E-state index contributed by atoms with van der Waals surface area (Å²) in [6.45, 7) is 1.56. The van der Waals surface area contributed by atoms with Gasteiger partial charge in [0.15, 0.2) is 5.54 Å². The number of urea groups is 1. The fourth-order valence-electron chi connectivity index (χ4n) is 1.39. The van der Waals surface area contributed by atoms with Crippen molar-refractivity contribution in [3.05, 3.63) is 22.4 Å². The number of imide groups is 1. The molecule has 80 valence electrons. The molecule has 0 aliphatic carbocycles. The van der Waals surface area contributed by atoms with Gasteiger partial charge in [-0.15, -0.1) is 11.3 Å². The Bertz CT molecular complexity index is 422. The van der Waals surface area contributed by atoms with Crippen LogP contribution in [0.15, 0.2) is 17.5 Å². The van der Waals surface area contributed by atoms with Crippen molar-refractivity contribution in [3.8, 4) is 0 Å². The number of nitrogens with zero attached hydrogens (tertiary/aromatic N) is 2. The maximum Gasteiger partial charge on any atom is 0.357 e. The molecule has 1 aromatic rings. The van der Waals surface area contributed by atoms with Crippen molar-refractivity contribution in [2.75, 3.05) is 0 Å². The van der Waals surface area contributed by atoms with E-state index >= 15 is 0 Å². The van der Waals surface area contributed by atoms with E-state index in [0.717, 1.165) is 4.42 Å². The summed E-state index contributed by atoms with van der Waals surface area (Å²) in [6.07, 6.45) is 0. The van der Waals surface area contributed by atoms with Crippen molar-refractivity contribution in [2.45, 2.75) is 12.5 Å². The number of rotatable bonds is 1. The van der Waals surface area contributed by atoms with E-state index in [4.69, 9.17) is 23.6 Å². The number of carbonyl (C=O) groups is 2. The molecule has 1 aliphatic heterocycles. The molecule has 0 aromatic carbocycles. The van der Waals surface area contributed by atoms with Crippen LogP contribution in [0.3, 0.4) is 0 Å². The van der Waals surface area contributed by atoms with Gasteiger partial charge in [0.05, 0.1) is 0 Å². The highest BCUT2D eigenvalue weighted by Crippen LogP contribution is 2.41. The standard InChI is InChI=1S/C8H6Cl2N2O2S/c1-8(5-3-2-4-15-5)6(13)11(9)7(14)12(8)10/h2-4H,1H3/t8-/m0/s1. The first kappa shape index (κ1) is 10.7. The van der Waals surface area contributed by atoms with E-state index in [1.54, 1.807) is 24.4 Å². The highest BCUT2D eigenvalue weighted by Gasteiger charge is 2.56. The van der Waals surface area contributed by atoms with Gasteiger partial charge in [0, 0.05) is 28.4 Å². The van der Waals surface area contributed by atoms with Gasteiger partial charge < -0.3 is 0 Å². The van der Waals surface area contributed by atoms with Crippen LogP contribution in [0.25, 0.3) is 0 Å². The molecule has 1 aromatic heterocycles. The third-order valence-corrected chi connectivity index (χ3v) is 4.19. The molecule has 4 nitrogen and oxygen atoms in total. The minimum absolute atomic E-state index is 0.507. The average Bonchev–Trinajstić information content (AvgIpc) is 2.81. The lowest BCUT2D eigenvalue weighted by atomic mass is 10.0. The Kier molecular flexibility index (Phi) is 2.41. The zero-order chi connectivity index (χ0) is 11.2. The van der Waals surface area contributed by atoms with Crippen molar-refractivity contribution in [1.82, 2.24) is 8.84 Å². The number of hydrogen-bond donors (Lipinski definition) is 0. The third kappa shape index (κ3) is 1.27. The van der Waals surface area contributed by atoms with Crippen LogP contribution in [0.5, 0.6) is 0 Å². The average molecular weight is 265 g/mol. The quantitative estimate of drug-likeness (QED) is 0.578. The number of halogens is 2. The lowest BCUT2D eigenvalue weighted by Crippen LogP contribution is -2.38. The predicted octanol–water partition coefficient (Wildman–Crippen LogP) is 2.54. The molecule has 15 heavy (non-hydrogen) atoms. The Morgan fingerprint density at radius 3 is 2.47 bits per heavy atom. The number of thiophene rings is 1. The van der Waals surface area contributed by atoms with Gasteiger partial charge in [0.25, 0.3) is 5.91 Å². The highest BCUT2D eigenvalue weighted by atomic mass is 35.5. The van der Waals surface area contributed by atoms with Crippen LogP contribution in [0.1, 0.15) is 11.8 Å². The summed E-state index contributed by atoms with van der Waals surface area (Å²) < 4.78 is 1.33. The van der Waals surface area contributed by atoms with E-state index in [-0.39, 0.29) is 0 Å². The van der Waals surface area contributed by atoms with Gasteiger partial charge in [-0.2, -0.15) is 4.42 Å². The Morgan fingerprint density at radius 2 is 2.07 bits per heavy atom. The molecule has 0 spiro atoms. The number of hydrogen-bond acceptors (Lipinski definition) is 3. The molecule has 1 aliphatic rings. The van der Waals surface area contributed by atoms with Crippen LogP contribution in [-0.2, 0) is 10.3 Å². The maximum absolute atomic E-state index is 11.8. The molecule has 3 amide bonds. The number of amides is 3. The van der Waals surface area contributed by atoms with Gasteiger partial charge >= 0.3 is 6.03 Å². The van der Waals surface area contributed by atoms with Crippen LogP contribution in [0.2, 0.25) is 0 Å². The fraction of sp³-hybridized carbons (Fsp3) is 0.250. The normalized spacial score (nSPS) is 26.6. The second-order valence-electron chi connectivity index (χ2n) is 3.20. The molecule has 2 heterocycles. The Labute approximate surface area is 100 Å². The van der Waals surface area contributed by atoms with Crippen LogP contribution < -0.4 is 0 Å². The molecule has 0 N–H and O–H groups in total. The van der Waals surface area contributed by atoms with Crippen molar-refractivity contribution >= 4 is 46.8 Å². The van der Waals surface area contributed by atoms with Crippen LogP contribution in [-0.4, -0.2) is 20.8 Å². The van der Waals surface area contributed by atoms with E-state index in [1.807, 2.05) is 0 Å². The Balaban J connectivity index is 2.53. The van der Waals surface area contributed by atoms with E-state index < -0.39 is 17.5 Å². The van der Waals surface area contributed by atoms with E-state index in [9.17, 15) is 9.59 Å². The summed E-state index contributed by atoms with van der Waals surface area (Å²) in [6, 6.07) is 2.80. The van der Waals surface area contributed by atoms with Gasteiger partial charge in [-0.25, -0.2) is 9.21 Å². The summed E-state index contributed by atoms with van der Waals surface area (Å²) >= 11 is 12.7. The van der Waals surface area contributed by atoms with Crippen molar-refractivity contribution in [2.24, 2.45) is 0 Å². The smallest absolute Gasteiger partial charge is 0.270 e. The number of carbonyl (C=O) groups excluding carboxylic acids is 2. The summed E-state index contributed by atoms with van der Waals surface area (Å²) in [5, 5.41) is 1.81. The molecule has 1 atom stereocenters. The summed E-state index contributed by atoms with van der Waals surface area (Å²) in [4.78, 5) is 23.9. The molecule has 0 bridgehead atoms. The summed E-state index contributed by atoms with van der Waals surface area (Å²) in [5.74, 6) is -0.536. The van der Waals surface area contributed by atoms with Gasteiger partial charge in [-0.1, -0.05) is 6.07 Å². The second-order valence-corrected chi connectivity index (χ2v) is 4.82. The van der Waals surface area contributed by atoms with Crippen LogP contribution >= 0.6 is 34.9 Å². The third-order valence-electron chi connectivity index (χ3n) is 2.32.